The summed E-state index contributed by atoms with van der Waals surface area (Å²) < 4.78 is 5.85. The van der Waals surface area contributed by atoms with E-state index in [0.29, 0.717) is 24.8 Å². The number of aliphatic hydroxyl groups is 2. The number of aliphatic hydroxyl groups excluding tert-OH is 1. The zero-order chi connectivity index (χ0) is 26.4. The molecule has 5 nitrogen and oxygen atoms in total. The van der Waals surface area contributed by atoms with Gasteiger partial charge in [0, 0.05) is 31.2 Å². The summed E-state index contributed by atoms with van der Waals surface area (Å²) in [5.74, 6) is 1.38. The molecule has 0 amide bonds. The lowest BCUT2D eigenvalue weighted by Crippen LogP contribution is -2.63. The average molecular weight is 510 g/mol. The Morgan fingerprint density at radius 2 is 1.95 bits per heavy atom. The molecule has 1 spiro atoms. The summed E-state index contributed by atoms with van der Waals surface area (Å²) in [5.41, 5.74) is 2.70. The van der Waals surface area contributed by atoms with E-state index in [2.05, 4.69) is 44.3 Å². The van der Waals surface area contributed by atoms with Gasteiger partial charge in [-0.1, -0.05) is 32.9 Å². The van der Waals surface area contributed by atoms with Gasteiger partial charge in [0.2, 0.25) is 0 Å². The van der Waals surface area contributed by atoms with Crippen LogP contribution in [0, 0.1) is 39.9 Å². The number of carbonyl (C=O) groups is 1. The first-order chi connectivity index (χ1) is 17.6. The van der Waals surface area contributed by atoms with Crippen LogP contribution in [0.1, 0.15) is 83.8 Å². The highest BCUT2D eigenvalue weighted by Crippen LogP contribution is 2.86. The topological polar surface area (TPSA) is 78.8 Å². The maximum absolute atomic E-state index is 13.3. The summed E-state index contributed by atoms with van der Waals surface area (Å²) in [7, 11) is 1.68. The predicted molar refractivity (Wildman–Crippen MR) is 145 cm³/mol. The number of rotatable bonds is 7. The predicted octanol–water partition coefficient (Wildman–Crippen LogP) is 5.16. The number of methoxy groups -OCH3 is 1. The molecule has 5 fully saturated rings. The van der Waals surface area contributed by atoms with Crippen molar-refractivity contribution in [2.75, 3.05) is 19.0 Å². The van der Waals surface area contributed by atoms with Gasteiger partial charge >= 0.3 is 0 Å². The van der Waals surface area contributed by atoms with Gasteiger partial charge in [-0.2, -0.15) is 0 Å². The first-order valence-corrected chi connectivity index (χ1v) is 14.9. The van der Waals surface area contributed by atoms with Crippen LogP contribution >= 0.6 is 0 Å². The van der Waals surface area contributed by atoms with Gasteiger partial charge in [-0.05, 0) is 104 Å². The molecule has 4 bridgehead atoms. The van der Waals surface area contributed by atoms with Crippen LogP contribution in [0.15, 0.2) is 18.2 Å². The fraction of sp³-hybridized carbons (Fsp3) is 0.781. The fourth-order valence-electron chi connectivity index (χ4n) is 11.1. The van der Waals surface area contributed by atoms with Gasteiger partial charge in [-0.3, -0.25) is 4.79 Å². The minimum Gasteiger partial charge on any atom is -0.392 e. The van der Waals surface area contributed by atoms with E-state index in [9.17, 15) is 15.0 Å². The molecule has 10 atom stereocenters. The maximum atomic E-state index is 13.3. The summed E-state index contributed by atoms with van der Waals surface area (Å²) in [6, 6.07) is 6.86. The number of hydrogen-bond donors (Lipinski definition) is 3. The Kier molecular flexibility index (Phi) is 5.96. The molecule has 5 saturated carbocycles. The van der Waals surface area contributed by atoms with E-state index < -0.39 is 5.60 Å². The first kappa shape index (κ1) is 25.8. The highest BCUT2D eigenvalue weighted by molar-refractivity contribution is 5.88. The zero-order valence-electron chi connectivity index (χ0n) is 23.5. The largest absolute Gasteiger partial charge is 0.392 e. The van der Waals surface area contributed by atoms with E-state index in [0.717, 1.165) is 24.9 Å². The molecule has 1 aromatic carbocycles. The molecule has 0 unspecified atom stereocenters. The number of fused-ring (bicyclic) bond motifs is 2. The average Bonchev–Trinajstić information content (AvgIpc) is 3.48. The molecule has 0 heterocycles. The van der Waals surface area contributed by atoms with E-state index >= 15 is 0 Å². The van der Waals surface area contributed by atoms with Gasteiger partial charge in [0.1, 0.15) is 11.4 Å². The molecular formula is C32H47NO4. The molecule has 37 heavy (non-hydrogen) atoms. The molecule has 204 valence electrons. The number of anilines is 1. The maximum Gasteiger partial charge on any atom is 0.141 e. The minimum atomic E-state index is -1.02. The Balaban J connectivity index is 1.28. The second kappa shape index (κ2) is 8.53. The van der Waals surface area contributed by atoms with Crippen molar-refractivity contribution < 1.29 is 19.7 Å². The molecule has 1 aromatic rings. The Morgan fingerprint density at radius 3 is 2.65 bits per heavy atom. The summed E-state index contributed by atoms with van der Waals surface area (Å²) in [5, 5.41) is 25.7. The Morgan fingerprint density at radius 1 is 1.19 bits per heavy atom. The third-order valence-electron chi connectivity index (χ3n) is 12.8. The minimum absolute atomic E-state index is 0.0278. The standard InChI is InChI=1S/C32H47NO4/c1-6-22-8-7-20(14-25(22)33-18-19(2)34)13-21-9-11-31(17-21)12-10-23-15-24-28-26(35)16-27(37-5)32(28,36)29(23,3)30(24,31)4/h7-8,14,19,21,23-24,27-28,33-34,36H,6,9-13,15-18H2,1-5H3/t19-,21+,23-,24-,27+,28+,29-,30-,31-,32+/m0/s1. The molecule has 5 heteroatoms. The normalized spacial score (nSPS) is 46.6. The van der Waals surface area contributed by atoms with Crippen molar-refractivity contribution in [2.24, 2.45) is 39.9 Å². The molecule has 0 aliphatic heterocycles. The number of aryl methyl sites for hydroxylation is 1. The second-order valence-corrected chi connectivity index (χ2v) is 13.8. The lowest BCUT2D eigenvalue weighted by atomic mass is 9.44. The Hall–Kier alpha value is -1.43. The van der Waals surface area contributed by atoms with Gasteiger partial charge in [0.25, 0.3) is 0 Å². The summed E-state index contributed by atoms with van der Waals surface area (Å²) in [4.78, 5) is 13.3. The second-order valence-electron chi connectivity index (χ2n) is 13.8. The molecule has 3 N–H and O–H groups in total. The molecule has 0 radical (unpaired) electrons. The van der Waals surface area contributed by atoms with E-state index in [1.54, 1.807) is 7.11 Å². The summed E-state index contributed by atoms with van der Waals surface area (Å²) in [6.45, 7) is 9.38. The SMILES string of the molecule is CCc1ccc(C[C@H]2CC[C@]3(CC[C@H]4C[C@H]5[C@@H]6C(=O)C[C@@H](OC)[C@]6(O)[C@]4(C)[C@]53C)C2)cc1NC[C@H](C)O. The van der Waals surface area contributed by atoms with Crippen LogP contribution in [0.3, 0.4) is 0 Å². The van der Waals surface area contributed by atoms with Crippen molar-refractivity contribution in [3.05, 3.63) is 29.3 Å². The summed E-state index contributed by atoms with van der Waals surface area (Å²) in [6.07, 6.45) is 8.83. The van der Waals surface area contributed by atoms with Crippen LogP contribution in [0.2, 0.25) is 0 Å². The number of carbonyl (C=O) groups excluding carboxylic acids is 1. The molecule has 0 aromatic heterocycles. The lowest BCUT2D eigenvalue weighted by molar-refractivity contribution is -0.221. The van der Waals surface area contributed by atoms with Crippen molar-refractivity contribution in [2.45, 2.75) is 103 Å². The van der Waals surface area contributed by atoms with Gasteiger partial charge in [0.15, 0.2) is 0 Å². The van der Waals surface area contributed by atoms with E-state index in [4.69, 9.17) is 4.74 Å². The van der Waals surface area contributed by atoms with Crippen molar-refractivity contribution in [1.82, 2.24) is 0 Å². The monoisotopic (exact) mass is 509 g/mol. The van der Waals surface area contributed by atoms with Crippen LogP contribution in [-0.4, -0.2) is 47.5 Å². The molecule has 0 saturated heterocycles. The van der Waals surface area contributed by atoms with E-state index in [-0.39, 0.29) is 46.1 Å². The quantitative estimate of drug-likeness (QED) is 0.473. The van der Waals surface area contributed by atoms with Crippen LogP contribution in [-0.2, 0) is 22.4 Å². The number of hydrogen-bond acceptors (Lipinski definition) is 5. The number of ether oxygens (including phenoxy) is 1. The van der Waals surface area contributed by atoms with Gasteiger partial charge in [-0.15, -0.1) is 0 Å². The van der Waals surface area contributed by atoms with Crippen LogP contribution in [0.25, 0.3) is 0 Å². The van der Waals surface area contributed by atoms with Crippen molar-refractivity contribution in [3.63, 3.8) is 0 Å². The molecule has 5 aliphatic rings. The van der Waals surface area contributed by atoms with Crippen LogP contribution in [0.5, 0.6) is 0 Å². The lowest BCUT2D eigenvalue weighted by Gasteiger charge is -2.61. The van der Waals surface area contributed by atoms with E-state index in [1.165, 1.54) is 43.2 Å². The molecule has 6 rings (SSSR count). The zero-order valence-corrected chi connectivity index (χ0v) is 23.5. The van der Waals surface area contributed by atoms with Crippen LogP contribution in [0.4, 0.5) is 5.69 Å². The first-order valence-electron chi connectivity index (χ1n) is 14.9. The van der Waals surface area contributed by atoms with Crippen LogP contribution < -0.4 is 5.32 Å². The fourth-order valence-corrected chi connectivity index (χ4v) is 11.1. The summed E-state index contributed by atoms with van der Waals surface area (Å²) >= 11 is 0. The molecule has 5 aliphatic carbocycles. The number of ketones is 1. The highest BCUT2D eigenvalue weighted by Gasteiger charge is 2.87. The highest BCUT2D eigenvalue weighted by atomic mass is 16.5. The third kappa shape index (κ3) is 3.11. The van der Waals surface area contributed by atoms with Gasteiger partial charge in [-0.25, -0.2) is 0 Å². The van der Waals surface area contributed by atoms with Crippen molar-refractivity contribution in [3.8, 4) is 0 Å². The Labute approximate surface area is 222 Å². The smallest absolute Gasteiger partial charge is 0.141 e. The number of benzene rings is 1. The Bertz CT molecular complexity index is 1090. The third-order valence-corrected chi connectivity index (χ3v) is 12.8. The number of Topliss-reactive ketones (excluding diaryl/α,β-unsaturated/α-hetero) is 1. The molecular weight excluding hydrogens is 462 g/mol. The van der Waals surface area contributed by atoms with Gasteiger partial charge in [0.05, 0.1) is 18.1 Å². The van der Waals surface area contributed by atoms with Crippen molar-refractivity contribution >= 4 is 11.5 Å². The number of nitrogens with one attached hydrogen (secondary N) is 1. The van der Waals surface area contributed by atoms with Crippen molar-refractivity contribution in [1.29, 1.82) is 0 Å². The van der Waals surface area contributed by atoms with E-state index in [1.807, 2.05) is 6.92 Å². The van der Waals surface area contributed by atoms with Gasteiger partial charge < -0.3 is 20.3 Å².